The Morgan fingerprint density at radius 1 is 1.09 bits per heavy atom. The van der Waals surface area contributed by atoms with Gasteiger partial charge in [-0.15, -0.1) is 0 Å². The highest BCUT2D eigenvalue weighted by Crippen LogP contribution is 2.32. The van der Waals surface area contributed by atoms with E-state index in [1.54, 1.807) is 30.1 Å². The second kappa shape index (κ2) is 7.61. The first kappa shape index (κ1) is 21.8. The number of nitrogens with zero attached hydrogens (tertiary/aromatic N) is 3. The molecule has 0 aliphatic carbocycles. The second-order valence-electron chi connectivity index (χ2n) is 9.33. The summed E-state index contributed by atoms with van der Waals surface area (Å²) in [4.78, 5) is 66.1. The van der Waals surface area contributed by atoms with Crippen molar-refractivity contribution in [2.24, 2.45) is 0 Å². The van der Waals surface area contributed by atoms with E-state index in [4.69, 9.17) is 4.74 Å². The molecule has 10 heteroatoms. The molecule has 1 N–H and O–H groups in total. The van der Waals surface area contributed by atoms with Crippen LogP contribution in [0.5, 0.6) is 0 Å². The van der Waals surface area contributed by atoms with Gasteiger partial charge in [-0.3, -0.25) is 29.4 Å². The van der Waals surface area contributed by atoms with E-state index in [2.05, 4.69) is 5.32 Å². The summed E-state index contributed by atoms with van der Waals surface area (Å²) in [6, 6.07) is 3.96. The van der Waals surface area contributed by atoms with Crippen LogP contribution in [0.25, 0.3) is 0 Å². The third-order valence-electron chi connectivity index (χ3n) is 5.88. The highest BCUT2D eigenvalue weighted by Gasteiger charge is 2.45. The van der Waals surface area contributed by atoms with Gasteiger partial charge in [0.1, 0.15) is 11.6 Å². The molecular formula is C22H26N4O6. The largest absolute Gasteiger partial charge is 0.444 e. The number of carbonyl (C=O) groups excluding carboxylic acids is 5. The number of nitrogens with one attached hydrogen (secondary N) is 1. The number of ether oxygens (including phenoxy) is 1. The lowest BCUT2D eigenvalue weighted by Gasteiger charge is -2.45. The monoisotopic (exact) mass is 442 g/mol. The molecule has 1 atom stereocenters. The van der Waals surface area contributed by atoms with Crippen LogP contribution in [0.2, 0.25) is 0 Å². The topological polar surface area (TPSA) is 116 Å². The number of rotatable bonds is 3. The van der Waals surface area contributed by atoms with Crippen molar-refractivity contribution < 1.29 is 28.7 Å². The zero-order chi connectivity index (χ0) is 23.4. The molecule has 1 aromatic carbocycles. The smallest absolute Gasteiger partial charge is 0.410 e. The van der Waals surface area contributed by atoms with Gasteiger partial charge in [0.05, 0.1) is 17.2 Å². The van der Waals surface area contributed by atoms with Gasteiger partial charge < -0.3 is 14.5 Å². The molecule has 3 aliphatic heterocycles. The summed E-state index contributed by atoms with van der Waals surface area (Å²) in [7, 11) is 1.69. The summed E-state index contributed by atoms with van der Waals surface area (Å²) in [5, 5.41) is 2.19. The Hall–Kier alpha value is -3.43. The van der Waals surface area contributed by atoms with Gasteiger partial charge in [0.15, 0.2) is 0 Å². The number of hydrogen-bond acceptors (Lipinski definition) is 7. The van der Waals surface area contributed by atoms with Gasteiger partial charge in [0, 0.05) is 32.2 Å². The van der Waals surface area contributed by atoms with E-state index in [1.807, 2.05) is 25.7 Å². The zero-order valence-corrected chi connectivity index (χ0v) is 18.5. The van der Waals surface area contributed by atoms with Gasteiger partial charge in [-0.2, -0.15) is 0 Å². The lowest BCUT2D eigenvalue weighted by Crippen LogP contribution is -2.60. The van der Waals surface area contributed by atoms with Crippen LogP contribution in [0.15, 0.2) is 18.2 Å². The molecule has 2 saturated heterocycles. The summed E-state index contributed by atoms with van der Waals surface area (Å²) in [6.07, 6.45) is -0.194. The summed E-state index contributed by atoms with van der Waals surface area (Å²) >= 11 is 0. The minimum absolute atomic E-state index is 0.0320. The number of imide groups is 2. The third-order valence-corrected chi connectivity index (χ3v) is 5.88. The van der Waals surface area contributed by atoms with Gasteiger partial charge in [-0.1, -0.05) is 0 Å². The zero-order valence-electron chi connectivity index (χ0n) is 18.5. The van der Waals surface area contributed by atoms with E-state index < -0.39 is 41.4 Å². The molecule has 2 fully saturated rings. The van der Waals surface area contributed by atoms with Crippen molar-refractivity contribution >= 4 is 35.4 Å². The van der Waals surface area contributed by atoms with Crippen molar-refractivity contribution in [3.8, 4) is 0 Å². The lowest BCUT2D eigenvalue weighted by atomic mass is 10.0. The Labute approximate surface area is 185 Å². The molecule has 170 valence electrons. The normalized spacial score (nSPS) is 21.3. The average Bonchev–Trinajstić information content (AvgIpc) is 2.90. The van der Waals surface area contributed by atoms with E-state index >= 15 is 0 Å². The minimum Gasteiger partial charge on any atom is -0.444 e. The Morgan fingerprint density at radius 3 is 2.38 bits per heavy atom. The van der Waals surface area contributed by atoms with Gasteiger partial charge in [0.25, 0.3) is 11.8 Å². The predicted molar refractivity (Wildman–Crippen MR) is 113 cm³/mol. The lowest BCUT2D eigenvalue weighted by molar-refractivity contribution is -0.136. The fourth-order valence-corrected chi connectivity index (χ4v) is 4.05. The van der Waals surface area contributed by atoms with Crippen molar-refractivity contribution in [3.05, 3.63) is 29.3 Å². The van der Waals surface area contributed by atoms with Crippen LogP contribution in [-0.2, 0) is 14.3 Å². The molecule has 5 amide bonds. The maximum Gasteiger partial charge on any atom is 0.410 e. The maximum absolute atomic E-state index is 13.0. The molecule has 0 saturated carbocycles. The Morgan fingerprint density at radius 2 is 1.75 bits per heavy atom. The summed E-state index contributed by atoms with van der Waals surface area (Å²) in [5.41, 5.74) is 0.659. The molecule has 1 unspecified atom stereocenters. The summed E-state index contributed by atoms with van der Waals surface area (Å²) in [5.74, 6) is -2.11. The SMILES string of the molecule is CN(C(=O)OC(C)(C)C)C1CN(c2ccc3c(c2)C(=O)N(C2CCC(=O)NC2=O)C3=O)C1. The molecule has 4 rings (SSSR count). The first-order chi connectivity index (χ1) is 15.0. The summed E-state index contributed by atoms with van der Waals surface area (Å²) in [6.45, 7) is 6.56. The number of carbonyl (C=O) groups is 5. The summed E-state index contributed by atoms with van der Waals surface area (Å²) < 4.78 is 5.40. The van der Waals surface area contributed by atoms with Crippen molar-refractivity contribution in [1.82, 2.24) is 15.1 Å². The van der Waals surface area contributed by atoms with Crippen LogP contribution in [0.1, 0.15) is 54.3 Å². The minimum atomic E-state index is -0.987. The number of amides is 5. The number of benzene rings is 1. The third kappa shape index (κ3) is 3.80. The Bertz CT molecular complexity index is 1020. The standard InChI is InChI=1S/C22H26N4O6/c1-22(2,3)32-21(31)24(4)13-10-25(11-13)12-5-6-14-15(9-12)20(30)26(19(14)29)16-7-8-17(27)23-18(16)28/h5-6,9,13,16H,7-8,10-11H2,1-4H3,(H,23,27,28). The van der Waals surface area contributed by atoms with Crippen LogP contribution in [-0.4, -0.2) is 77.3 Å². The Balaban J connectivity index is 1.44. The average molecular weight is 442 g/mol. The fourth-order valence-electron chi connectivity index (χ4n) is 4.05. The first-order valence-corrected chi connectivity index (χ1v) is 10.5. The number of likely N-dealkylation sites (N-methyl/N-ethyl adjacent to an activating group) is 1. The molecular weight excluding hydrogens is 416 g/mol. The highest BCUT2D eigenvalue weighted by molar-refractivity contribution is 6.23. The van der Waals surface area contributed by atoms with E-state index in [9.17, 15) is 24.0 Å². The van der Waals surface area contributed by atoms with Gasteiger partial charge in [-0.25, -0.2) is 4.79 Å². The molecule has 1 aromatic rings. The molecule has 10 nitrogen and oxygen atoms in total. The molecule has 32 heavy (non-hydrogen) atoms. The maximum atomic E-state index is 13.0. The second-order valence-corrected chi connectivity index (χ2v) is 9.33. The van der Waals surface area contributed by atoms with E-state index in [1.165, 1.54) is 0 Å². The van der Waals surface area contributed by atoms with Crippen LogP contribution in [0.4, 0.5) is 10.5 Å². The van der Waals surface area contributed by atoms with E-state index in [0.717, 1.165) is 10.6 Å². The number of hydrogen-bond donors (Lipinski definition) is 1. The van der Waals surface area contributed by atoms with Crippen LogP contribution in [0.3, 0.4) is 0 Å². The van der Waals surface area contributed by atoms with Crippen molar-refractivity contribution in [1.29, 1.82) is 0 Å². The van der Waals surface area contributed by atoms with Crippen molar-refractivity contribution in [2.45, 2.75) is 51.3 Å². The van der Waals surface area contributed by atoms with Gasteiger partial charge >= 0.3 is 6.09 Å². The molecule has 0 bridgehead atoms. The van der Waals surface area contributed by atoms with E-state index in [0.29, 0.717) is 13.1 Å². The highest BCUT2D eigenvalue weighted by atomic mass is 16.6. The molecule has 0 radical (unpaired) electrons. The van der Waals surface area contributed by atoms with Crippen LogP contribution >= 0.6 is 0 Å². The quantitative estimate of drug-likeness (QED) is 0.698. The molecule has 3 aliphatic rings. The Kier molecular flexibility index (Phi) is 5.18. The number of piperidine rings is 1. The van der Waals surface area contributed by atoms with Crippen LogP contribution < -0.4 is 10.2 Å². The van der Waals surface area contributed by atoms with Crippen LogP contribution in [0, 0.1) is 0 Å². The first-order valence-electron chi connectivity index (χ1n) is 10.5. The van der Waals surface area contributed by atoms with Crippen molar-refractivity contribution in [3.63, 3.8) is 0 Å². The van der Waals surface area contributed by atoms with Gasteiger partial charge in [0.2, 0.25) is 11.8 Å². The fraction of sp³-hybridized carbons (Fsp3) is 0.500. The van der Waals surface area contributed by atoms with Crippen molar-refractivity contribution in [2.75, 3.05) is 25.0 Å². The predicted octanol–water partition coefficient (Wildman–Crippen LogP) is 1.14. The number of fused-ring (bicyclic) bond motifs is 1. The van der Waals surface area contributed by atoms with E-state index in [-0.39, 0.29) is 30.0 Å². The van der Waals surface area contributed by atoms with Gasteiger partial charge in [-0.05, 0) is 45.4 Å². The molecule has 0 spiro atoms. The molecule has 0 aromatic heterocycles. The number of anilines is 1. The molecule has 3 heterocycles.